The van der Waals surface area contributed by atoms with Crippen LogP contribution in [0.1, 0.15) is 21.5 Å². The average Bonchev–Trinajstić information content (AvgIpc) is 2.33. The zero-order chi connectivity index (χ0) is 13.1. The van der Waals surface area contributed by atoms with E-state index in [0.717, 1.165) is 14.7 Å². The molecule has 0 atom stereocenters. The van der Waals surface area contributed by atoms with Gasteiger partial charge >= 0.3 is 0 Å². The fraction of sp³-hybridized carbons (Fsp3) is 0.133. The van der Waals surface area contributed by atoms with Gasteiger partial charge < -0.3 is 0 Å². The van der Waals surface area contributed by atoms with Gasteiger partial charge in [0, 0.05) is 15.6 Å². The molecule has 2 aromatic carbocycles. The van der Waals surface area contributed by atoms with E-state index in [9.17, 15) is 9.18 Å². The Balaban J connectivity index is 2.18. The van der Waals surface area contributed by atoms with E-state index in [1.165, 1.54) is 12.1 Å². The van der Waals surface area contributed by atoms with E-state index in [1.807, 2.05) is 31.2 Å². The molecule has 0 aromatic heterocycles. The number of benzene rings is 2. The maximum absolute atomic E-state index is 13.0. The lowest BCUT2D eigenvalue weighted by molar-refractivity contribution is 0.0992. The fourth-order valence-corrected chi connectivity index (χ4v) is 2.13. The third-order valence-corrected chi connectivity index (χ3v) is 3.54. The Labute approximate surface area is 119 Å². The molecule has 92 valence electrons. The number of hydrogen-bond acceptors (Lipinski definition) is 1. The van der Waals surface area contributed by atoms with Gasteiger partial charge in [0.25, 0.3) is 0 Å². The molecular formula is C15H12FIO. The lowest BCUT2D eigenvalue weighted by Gasteiger charge is -2.05. The van der Waals surface area contributed by atoms with Crippen LogP contribution in [0, 0.1) is 16.3 Å². The first kappa shape index (κ1) is 13.2. The largest absolute Gasteiger partial charge is 0.294 e. The molecular weight excluding hydrogens is 342 g/mol. The highest BCUT2D eigenvalue weighted by Gasteiger charge is 2.09. The van der Waals surface area contributed by atoms with Crippen LogP contribution in [0.15, 0.2) is 42.5 Å². The third-order valence-electron chi connectivity index (χ3n) is 2.82. The molecule has 0 unspecified atom stereocenters. The van der Waals surface area contributed by atoms with E-state index in [1.54, 1.807) is 6.07 Å². The first-order chi connectivity index (χ1) is 8.56. The summed E-state index contributed by atoms with van der Waals surface area (Å²) in [4.78, 5) is 12.1. The summed E-state index contributed by atoms with van der Waals surface area (Å²) in [6.07, 6.45) is 0.312. The average molecular weight is 354 g/mol. The molecule has 1 nitrogen and oxygen atoms in total. The van der Waals surface area contributed by atoms with Crippen molar-refractivity contribution in [2.75, 3.05) is 0 Å². The first-order valence-electron chi connectivity index (χ1n) is 5.60. The number of aryl methyl sites for hydroxylation is 1. The Morgan fingerprint density at radius 2 is 1.83 bits per heavy atom. The van der Waals surface area contributed by atoms with Crippen molar-refractivity contribution in [3.63, 3.8) is 0 Å². The highest BCUT2D eigenvalue weighted by molar-refractivity contribution is 14.1. The van der Waals surface area contributed by atoms with Gasteiger partial charge in [0.2, 0.25) is 0 Å². The molecule has 0 saturated carbocycles. The summed E-state index contributed by atoms with van der Waals surface area (Å²) in [5, 5.41) is 0. The predicted molar refractivity (Wildman–Crippen MR) is 78.3 cm³/mol. The predicted octanol–water partition coefficient (Wildman–Crippen LogP) is 4.16. The van der Waals surface area contributed by atoms with Crippen LogP contribution in [-0.2, 0) is 6.42 Å². The monoisotopic (exact) mass is 354 g/mol. The first-order valence-corrected chi connectivity index (χ1v) is 6.68. The molecule has 2 aromatic rings. The van der Waals surface area contributed by atoms with E-state index in [-0.39, 0.29) is 11.6 Å². The van der Waals surface area contributed by atoms with Gasteiger partial charge in [-0.1, -0.05) is 18.2 Å². The van der Waals surface area contributed by atoms with E-state index in [4.69, 9.17) is 0 Å². The Hall–Kier alpha value is -1.23. The van der Waals surface area contributed by atoms with Crippen LogP contribution in [0.3, 0.4) is 0 Å². The van der Waals surface area contributed by atoms with E-state index >= 15 is 0 Å². The highest BCUT2D eigenvalue weighted by atomic mass is 127. The molecule has 0 aliphatic rings. The van der Waals surface area contributed by atoms with Crippen LogP contribution in [0.25, 0.3) is 0 Å². The van der Waals surface area contributed by atoms with E-state index in [0.29, 0.717) is 12.0 Å². The summed E-state index contributed by atoms with van der Waals surface area (Å²) in [6, 6.07) is 12.0. The molecule has 0 aliphatic heterocycles. The molecule has 0 spiro atoms. The number of hydrogen-bond donors (Lipinski definition) is 0. The SMILES string of the molecule is Cc1cc(F)ccc1CC(=O)c1ccc(I)cc1. The molecule has 0 amide bonds. The topological polar surface area (TPSA) is 17.1 Å². The lowest BCUT2D eigenvalue weighted by Crippen LogP contribution is -2.05. The van der Waals surface area contributed by atoms with Crippen LogP contribution in [0.2, 0.25) is 0 Å². The van der Waals surface area contributed by atoms with Gasteiger partial charge in [0.05, 0.1) is 0 Å². The van der Waals surface area contributed by atoms with E-state index < -0.39 is 0 Å². The normalized spacial score (nSPS) is 10.4. The molecule has 0 N–H and O–H groups in total. The molecule has 0 radical (unpaired) electrons. The Morgan fingerprint density at radius 1 is 1.17 bits per heavy atom. The quantitative estimate of drug-likeness (QED) is 0.598. The molecule has 0 fully saturated rings. The van der Waals surface area contributed by atoms with Crippen LogP contribution in [0.5, 0.6) is 0 Å². The van der Waals surface area contributed by atoms with Crippen LogP contribution in [0.4, 0.5) is 4.39 Å². The van der Waals surface area contributed by atoms with Gasteiger partial charge in [-0.15, -0.1) is 0 Å². The molecule has 0 heterocycles. The Morgan fingerprint density at radius 3 is 2.44 bits per heavy atom. The Bertz CT molecular complexity index is 576. The fourth-order valence-electron chi connectivity index (χ4n) is 1.77. The molecule has 18 heavy (non-hydrogen) atoms. The summed E-state index contributed by atoms with van der Waals surface area (Å²) >= 11 is 2.20. The van der Waals surface area contributed by atoms with Crippen molar-refractivity contribution in [1.82, 2.24) is 0 Å². The summed E-state index contributed by atoms with van der Waals surface area (Å²) in [7, 11) is 0. The second kappa shape index (κ2) is 5.61. The van der Waals surface area contributed by atoms with Crippen LogP contribution < -0.4 is 0 Å². The smallest absolute Gasteiger partial charge is 0.167 e. The summed E-state index contributed by atoms with van der Waals surface area (Å²) in [6.45, 7) is 1.82. The zero-order valence-corrected chi connectivity index (χ0v) is 12.1. The van der Waals surface area contributed by atoms with E-state index in [2.05, 4.69) is 22.6 Å². The summed E-state index contributed by atoms with van der Waals surface area (Å²) < 4.78 is 14.1. The number of rotatable bonds is 3. The van der Waals surface area contributed by atoms with Crippen molar-refractivity contribution in [2.24, 2.45) is 0 Å². The number of carbonyl (C=O) groups excluding carboxylic acids is 1. The third kappa shape index (κ3) is 3.16. The van der Waals surface area contributed by atoms with Crippen molar-refractivity contribution < 1.29 is 9.18 Å². The number of ketones is 1. The highest BCUT2D eigenvalue weighted by Crippen LogP contribution is 2.14. The summed E-state index contributed by atoms with van der Waals surface area (Å²) in [5.41, 5.74) is 2.38. The number of halogens is 2. The molecule has 3 heteroatoms. The minimum absolute atomic E-state index is 0.0566. The maximum atomic E-state index is 13.0. The number of Topliss-reactive ketones (excluding diaryl/α,β-unsaturated/α-hetero) is 1. The van der Waals surface area contributed by atoms with Crippen LogP contribution >= 0.6 is 22.6 Å². The maximum Gasteiger partial charge on any atom is 0.167 e. The van der Waals surface area contributed by atoms with Gasteiger partial charge in [-0.25, -0.2) is 4.39 Å². The van der Waals surface area contributed by atoms with Crippen molar-refractivity contribution in [2.45, 2.75) is 13.3 Å². The minimum atomic E-state index is -0.266. The van der Waals surface area contributed by atoms with Gasteiger partial charge in [0.1, 0.15) is 5.82 Å². The molecule has 2 rings (SSSR count). The van der Waals surface area contributed by atoms with Gasteiger partial charge in [-0.3, -0.25) is 4.79 Å². The molecule has 0 bridgehead atoms. The molecule has 0 saturated heterocycles. The van der Waals surface area contributed by atoms with Gasteiger partial charge in [-0.2, -0.15) is 0 Å². The van der Waals surface area contributed by atoms with Crippen molar-refractivity contribution >= 4 is 28.4 Å². The summed E-state index contributed by atoms with van der Waals surface area (Å²) in [5.74, 6) is -0.209. The standard InChI is InChI=1S/C15H12FIO/c1-10-8-13(16)5-2-12(10)9-15(18)11-3-6-14(17)7-4-11/h2-8H,9H2,1H3. The lowest BCUT2D eigenvalue weighted by atomic mass is 9.99. The van der Waals surface area contributed by atoms with Crippen molar-refractivity contribution in [3.05, 3.63) is 68.5 Å². The number of carbonyl (C=O) groups is 1. The zero-order valence-electron chi connectivity index (χ0n) is 9.91. The van der Waals surface area contributed by atoms with Gasteiger partial charge in [0.15, 0.2) is 5.78 Å². The van der Waals surface area contributed by atoms with Gasteiger partial charge in [-0.05, 0) is 64.9 Å². The molecule has 0 aliphatic carbocycles. The Kier molecular flexibility index (Phi) is 4.11. The minimum Gasteiger partial charge on any atom is -0.294 e. The second-order valence-corrected chi connectivity index (χ2v) is 5.42. The van der Waals surface area contributed by atoms with Crippen LogP contribution in [-0.4, -0.2) is 5.78 Å². The van der Waals surface area contributed by atoms with Crippen molar-refractivity contribution in [1.29, 1.82) is 0 Å². The second-order valence-electron chi connectivity index (χ2n) is 4.18. The van der Waals surface area contributed by atoms with Crippen molar-refractivity contribution in [3.8, 4) is 0 Å².